The van der Waals surface area contributed by atoms with Gasteiger partial charge in [0.25, 0.3) is 0 Å². The number of rotatable bonds is 2. The average molecular weight is 168 g/mol. The molecule has 0 aliphatic rings. The van der Waals surface area contributed by atoms with Crippen LogP contribution in [0.1, 0.15) is 6.92 Å². The van der Waals surface area contributed by atoms with Crippen LogP contribution in [0.25, 0.3) is 0 Å². The summed E-state index contributed by atoms with van der Waals surface area (Å²) >= 11 is 0. The average Bonchev–Trinajstić information content (AvgIpc) is 1.62. The molecule has 0 heterocycles. The molecule has 0 aromatic rings. The van der Waals surface area contributed by atoms with Gasteiger partial charge in [-0.3, -0.25) is 9.28 Å². The van der Waals surface area contributed by atoms with E-state index in [0.717, 1.165) is 0 Å². The minimum atomic E-state index is -0.884. The molecule has 3 nitrogen and oxygen atoms in total. The number of nitrogens with zero attached hydrogens (tertiary/aromatic N) is 1. The Hall–Kier alpha value is -0.120. The number of halogens is 1. The molecular weight excluding hydrogens is 154 g/mol. The van der Waals surface area contributed by atoms with Gasteiger partial charge in [-0.1, -0.05) is 0 Å². The molecule has 0 bridgehead atoms. The lowest BCUT2D eigenvalue weighted by atomic mass is 10.3. The molecule has 0 aromatic heterocycles. The van der Waals surface area contributed by atoms with Crippen LogP contribution in [-0.2, 0) is 4.79 Å². The molecule has 0 amide bonds. The lowest BCUT2D eigenvalue weighted by molar-refractivity contribution is -0.907. The number of hydrogen-bond donors (Lipinski definition) is 1. The molecule has 0 aromatic carbocycles. The summed E-state index contributed by atoms with van der Waals surface area (Å²) in [5.41, 5.74) is 0. The number of Topliss-reactive ketones (excluding diaryl/α,β-unsaturated/α-hetero) is 1. The smallest absolute Gasteiger partial charge is 0.250 e. The van der Waals surface area contributed by atoms with E-state index in [1.54, 1.807) is 21.1 Å². The van der Waals surface area contributed by atoms with Crippen molar-refractivity contribution in [2.75, 3.05) is 21.1 Å². The van der Waals surface area contributed by atoms with Crippen LogP contribution in [0, 0.1) is 0 Å². The second-order valence-electron chi connectivity index (χ2n) is 3.10. The van der Waals surface area contributed by atoms with E-state index >= 15 is 0 Å². The van der Waals surface area contributed by atoms with Gasteiger partial charge < -0.3 is 17.5 Å². The van der Waals surface area contributed by atoms with E-state index in [0.29, 0.717) is 0 Å². The van der Waals surface area contributed by atoms with E-state index < -0.39 is 6.23 Å². The first-order valence-corrected chi connectivity index (χ1v) is 2.85. The van der Waals surface area contributed by atoms with Crippen molar-refractivity contribution in [2.45, 2.75) is 13.2 Å². The van der Waals surface area contributed by atoms with Crippen molar-refractivity contribution in [3.63, 3.8) is 0 Å². The maximum Gasteiger partial charge on any atom is 0.250 e. The van der Waals surface area contributed by atoms with Gasteiger partial charge in [-0.15, -0.1) is 0 Å². The van der Waals surface area contributed by atoms with Gasteiger partial charge in [0.15, 0.2) is 0 Å². The zero-order chi connectivity index (χ0) is 7.65. The molecule has 0 spiro atoms. The Bertz CT molecular complexity index is 119. The van der Waals surface area contributed by atoms with Gasteiger partial charge in [0, 0.05) is 6.92 Å². The molecule has 0 saturated carbocycles. The second-order valence-corrected chi connectivity index (χ2v) is 3.10. The van der Waals surface area contributed by atoms with Crippen molar-refractivity contribution in [2.24, 2.45) is 0 Å². The molecule has 0 aliphatic carbocycles. The number of carbonyl (C=O) groups excluding carboxylic acids is 1. The topological polar surface area (TPSA) is 37.3 Å². The molecule has 10 heavy (non-hydrogen) atoms. The van der Waals surface area contributed by atoms with Crippen LogP contribution in [0.3, 0.4) is 0 Å². The third kappa shape index (κ3) is 3.82. The van der Waals surface area contributed by atoms with Crippen LogP contribution in [0.5, 0.6) is 0 Å². The first-order chi connectivity index (χ1) is 3.85. The first kappa shape index (κ1) is 12.5. The van der Waals surface area contributed by atoms with E-state index in [2.05, 4.69) is 0 Å². The number of likely N-dealkylation sites (N-methyl/N-ethyl adjacent to an activating group) is 1. The standard InChI is InChI=1S/C6H14NO2.ClH/c1-5(8)6(9)7(2,3)4;/h6,9H,1-4H3;1H/q+1;/p-1. The lowest BCUT2D eigenvalue weighted by Crippen LogP contribution is -3.00. The van der Waals surface area contributed by atoms with E-state index in [4.69, 9.17) is 5.11 Å². The van der Waals surface area contributed by atoms with E-state index in [1.807, 2.05) is 0 Å². The number of aliphatic hydroxyl groups is 1. The fraction of sp³-hybridized carbons (Fsp3) is 0.833. The summed E-state index contributed by atoms with van der Waals surface area (Å²) in [6.45, 7) is 1.38. The predicted octanol–water partition coefficient (Wildman–Crippen LogP) is -3.40. The molecule has 0 radical (unpaired) electrons. The number of aliphatic hydroxyl groups excluding tert-OH is 1. The quantitative estimate of drug-likeness (QED) is 0.344. The Morgan fingerprint density at radius 2 is 1.70 bits per heavy atom. The molecule has 62 valence electrons. The fourth-order valence-corrected chi connectivity index (χ4v) is 0.545. The van der Waals surface area contributed by atoms with Gasteiger partial charge in [-0.25, -0.2) is 0 Å². The summed E-state index contributed by atoms with van der Waals surface area (Å²) in [5.74, 6) is -0.192. The third-order valence-electron chi connectivity index (χ3n) is 1.10. The number of hydrogen-bond acceptors (Lipinski definition) is 2. The SMILES string of the molecule is CC(=O)C(O)[N+](C)(C)C.[Cl-]. The van der Waals surface area contributed by atoms with Crippen molar-refractivity contribution in [1.82, 2.24) is 0 Å². The highest BCUT2D eigenvalue weighted by Crippen LogP contribution is 1.98. The molecule has 0 fully saturated rings. The molecule has 4 heteroatoms. The normalized spacial score (nSPS) is 13.7. The Balaban J connectivity index is 0. The molecule has 0 rings (SSSR count). The Morgan fingerprint density at radius 1 is 1.40 bits per heavy atom. The Kier molecular flexibility index (Phi) is 4.90. The van der Waals surface area contributed by atoms with E-state index in [9.17, 15) is 4.79 Å². The summed E-state index contributed by atoms with van der Waals surface area (Å²) in [4.78, 5) is 10.5. The van der Waals surface area contributed by atoms with Crippen molar-refractivity contribution in [3.05, 3.63) is 0 Å². The first-order valence-electron chi connectivity index (χ1n) is 2.85. The van der Waals surface area contributed by atoms with Gasteiger partial charge >= 0.3 is 0 Å². The monoisotopic (exact) mass is 167 g/mol. The molecule has 0 aliphatic heterocycles. The highest BCUT2D eigenvalue weighted by atomic mass is 35.5. The molecule has 0 saturated heterocycles. The zero-order valence-corrected chi connectivity index (χ0v) is 7.51. The third-order valence-corrected chi connectivity index (χ3v) is 1.10. The minimum Gasteiger partial charge on any atom is -1.00 e. The summed E-state index contributed by atoms with van der Waals surface area (Å²) in [5, 5.41) is 9.09. The van der Waals surface area contributed by atoms with Crippen LogP contribution in [-0.4, -0.2) is 42.7 Å². The van der Waals surface area contributed by atoms with Gasteiger partial charge in [-0.05, 0) is 0 Å². The second kappa shape index (κ2) is 3.91. The largest absolute Gasteiger partial charge is 1.00 e. The van der Waals surface area contributed by atoms with Crippen molar-refractivity contribution < 1.29 is 26.8 Å². The highest BCUT2D eigenvalue weighted by Gasteiger charge is 2.24. The molecule has 1 atom stereocenters. The molecular formula is C6H14ClNO2. The van der Waals surface area contributed by atoms with Crippen LogP contribution < -0.4 is 12.4 Å². The number of ketones is 1. The number of quaternary nitrogens is 1. The Morgan fingerprint density at radius 3 is 1.70 bits per heavy atom. The van der Waals surface area contributed by atoms with Gasteiger partial charge in [-0.2, -0.15) is 0 Å². The Labute approximate surface area is 67.6 Å². The van der Waals surface area contributed by atoms with E-state index in [-0.39, 0.29) is 22.7 Å². The highest BCUT2D eigenvalue weighted by molar-refractivity contribution is 5.78. The van der Waals surface area contributed by atoms with Gasteiger partial charge in [0.05, 0.1) is 21.1 Å². The zero-order valence-electron chi connectivity index (χ0n) is 6.76. The summed E-state index contributed by atoms with van der Waals surface area (Å²) in [6, 6.07) is 0. The number of carbonyl (C=O) groups is 1. The van der Waals surface area contributed by atoms with E-state index in [1.165, 1.54) is 6.92 Å². The van der Waals surface area contributed by atoms with Crippen molar-refractivity contribution in [3.8, 4) is 0 Å². The summed E-state index contributed by atoms with van der Waals surface area (Å²) in [7, 11) is 5.31. The fourth-order valence-electron chi connectivity index (χ4n) is 0.545. The lowest BCUT2D eigenvalue weighted by Gasteiger charge is -2.27. The van der Waals surface area contributed by atoms with Gasteiger partial charge in [0.1, 0.15) is 0 Å². The molecule has 1 N–H and O–H groups in total. The molecule has 1 unspecified atom stereocenters. The van der Waals surface area contributed by atoms with Crippen molar-refractivity contribution in [1.29, 1.82) is 0 Å². The maximum absolute atomic E-state index is 10.5. The summed E-state index contributed by atoms with van der Waals surface area (Å²) < 4.78 is 0.273. The van der Waals surface area contributed by atoms with Crippen molar-refractivity contribution >= 4 is 5.78 Å². The maximum atomic E-state index is 10.5. The van der Waals surface area contributed by atoms with Crippen LogP contribution >= 0.6 is 0 Å². The minimum absolute atomic E-state index is 0. The van der Waals surface area contributed by atoms with Crippen LogP contribution in [0.2, 0.25) is 0 Å². The van der Waals surface area contributed by atoms with Crippen LogP contribution in [0.4, 0.5) is 0 Å². The summed E-state index contributed by atoms with van der Waals surface area (Å²) in [6.07, 6.45) is -0.884. The van der Waals surface area contributed by atoms with Crippen LogP contribution in [0.15, 0.2) is 0 Å². The van der Waals surface area contributed by atoms with Gasteiger partial charge in [0.2, 0.25) is 12.0 Å². The predicted molar refractivity (Wildman–Crippen MR) is 34.7 cm³/mol.